The van der Waals surface area contributed by atoms with Crippen LogP contribution in [0, 0.1) is 17.8 Å². The summed E-state index contributed by atoms with van der Waals surface area (Å²) in [4.78, 5) is 15.2. The van der Waals surface area contributed by atoms with Gasteiger partial charge in [-0.2, -0.15) is 5.10 Å². The number of likely N-dealkylation sites (tertiary alicyclic amines) is 1. The molecule has 3 aliphatic carbocycles. The van der Waals surface area contributed by atoms with Crippen LogP contribution in [0.5, 0.6) is 0 Å². The van der Waals surface area contributed by atoms with Gasteiger partial charge in [-0.25, -0.2) is 4.79 Å². The van der Waals surface area contributed by atoms with Crippen LogP contribution in [0.15, 0.2) is 6.20 Å². The van der Waals surface area contributed by atoms with Crippen molar-refractivity contribution in [1.29, 1.82) is 0 Å². The van der Waals surface area contributed by atoms with Crippen LogP contribution in [0.25, 0.3) is 0 Å². The molecule has 0 spiro atoms. The van der Waals surface area contributed by atoms with E-state index in [1.54, 1.807) is 0 Å². The normalized spacial score (nSPS) is 35.7. The lowest BCUT2D eigenvalue weighted by molar-refractivity contribution is 0.170. The number of amides is 2. The third kappa shape index (κ3) is 2.84. The predicted molar refractivity (Wildman–Crippen MR) is 101 cm³/mol. The summed E-state index contributed by atoms with van der Waals surface area (Å²) in [7, 11) is 2.01. The van der Waals surface area contributed by atoms with Gasteiger partial charge in [0.25, 0.3) is 0 Å². The number of urea groups is 1. The SMILES string of the molecule is Cn1ncc2c1CCCC2NC(=O)N1CCCC1CC1CC2CCC1C2. The highest BCUT2D eigenvalue weighted by molar-refractivity contribution is 5.75. The maximum absolute atomic E-state index is 13.1. The van der Waals surface area contributed by atoms with Crippen molar-refractivity contribution in [2.24, 2.45) is 24.8 Å². The molecule has 3 fully saturated rings. The smallest absolute Gasteiger partial charge is 0.318 e. The van der Waals surface area contributed by atoms with Gasteiger partial charge in [0, 0.05) is 30.9 Å². The molecule has 0 aromatic carbocycles. The first-order chi connectivity index (χ1) is 12.7. The van der Waals surface area contributed by atoms with E-state index in [1.165, 1.54) is 56.2 Å². The second kappa shape index (κ2) is 6.58. The van der Waals surface area contributed by atoms with Crippen LogP contribution in [0.1, 0.15) is 75.1 Å². The Balaban J connectivity index is 1.24. The van der Waals surface area contributed by atoms with Crippen LogP contribution in [0.4, 0.5) is 4.79 Å². The average molecular weight is 357 g/mol. The summed E-state index contributed by atoms with van der Waals surface area (Å²) in [6.45, 7) is 0.934. The summed E-state index contributed by atoms with van der Waals surface area (Å²) in [5, 5.41) is 7.76. The predicted octanol–water partition coefficient (Wildman–Crippen LogP) is 3.80. The highest BCUT2D eigenvalue weighted by Crippen LogP contribution is 2.50. The zero-order chi connectivity index (χ0) is 17.7. The molecule has 4 aliphatic rings. The number of carbonyl (C=O) groups excluding carboxylic acids is 1. The first-order valence-corrected chi connectivity index (χ1v) is 10.8. The maximum atomic E-state index is 13.1. The minimum Gasteiger partial charge on any atom is -0.331 e. The van der Waals surface area contributed by atoms with E-state index in [4.69, 9.17) is 0 Å². The molecule has 1 aromatic heterocycles. The lowest BCUT2D eigenvalue weighted by atomic mass is 9.84. The number of hydrogen-bond acceptors (Lipinski definition) is 2. The molecule has 5 atom stereocenters. The van der Waals surface area contributed by atoms with Gasteiger partial charge in [-0.05, 0) is 75.5 Å². The molecule has 1 N–H and O–H groups in total. The lowest BCUT2D eigenvalue weighted by Gasteiger charge is -2.32. The highest BCUT2D eigenvalue weighted by Gasteiger charge is 2.42. The van der Waals surface area contributed by atoms with E-state index in [1.807, 2.05) is 17.9 Å². The number of aryl methyl sites for hydroxylation is 1. The minimum absolute atomic E-state index is 0.142. The third-order valence-electron chi connectivity index (χ3n) is 7.77. The summed E-state index contributed by atoms with van der Waals surface area (Å²) in [5.74, 6) is 2.84. The van der Waals surface area contributed by atoms with Gasteiger partial charge >= 0.3 is 6.03 Å². The van der Waals surface area contributed by atoms with E-state index >= 15 is 0 Å². The number of nitrogens with zero attached hydrogens (tertiary/aromatic N) is 3. The van der Waals surface area contributed by atoms with Crippen LogP contribution in [0.2, 0.25) is 0 Å². The Morgan fingerprint density at radius 2 is 2.15 bits per heavy atom. The molecule has 2 saturated carbocycles. The number of hydrogen-bond donors (Lipinski definition) is 1. The number of fused-ring (bicyclic) bond motifs is 3. The maximum Gasteiger partial charge on any atom is 0.318 e. The fraction of sp³-hybridized carbons (Fsp3) is 0.810. The number of nitrogens with one attached hydrogen (secondary N) is 1. The molecule has 0 radical (unpaired) electrons. The number of rotatable bonds is 3. The molecule has 5 heteroatoms. The van der Waals surface area contributed by atoms with Crippen LogP contribution >= 0.6 is 0 Å². The van der Waals surface area contributed by atoms with Gasteiger partial charge in [-0.15, -0.1) is 0 Å². The molecule has 1 aliphatic heterocycles. The van der Waals surface area contributed by atoms with Crippen LogP contribution in [-0.4, -0.2) is 33.3 Å². The summed E-state index contributed by atoms with van der Waals surface area (Å²) in [6, 6.07) is 0.775. The van der Waals surface area contributed by atoms with E-state index in [-0.39, 0.29) is 12.1 Å². The van der Waals surface area contributed by atoms with Crippen molar-refractivity contribution in [3.63, 3.8) is 0 Å². The zero-order valence-corrected chi connectivity index (χ0v) is 16.0. The van der Waals surface area contributed by atoms with Crippen molar-refractivity contribution in [2.75, 3.05) is 6.54 Å². The first kappa shape index (κ1) is 16.6. The minimum atomic E-state index is 0.142. The fourth-order valence-electron chi connectivity index (χ4n) is 6.45. The van der Waals surface area contributed by atoms with Gasteiger partial charge in [0.1, 0.15) is 0 Å². The van der Waals surface area contributed by atoms with E-state index in [2.05, 4.69) is 15.3 Å². The van der Waals surface area contributed by atoms with Gasteiger partial charge in [-0.3, -0.25) is 4.68 Å². The monoisotopic (exact) mass is 356 g/mol. The summed E-state index contributed by atoms with van der Waals surface area (Å²) >= 11 is 0. The molecule has 26 heavy (non-hydrogen) atoms. The standard InChI is InChI=1S/C21H32N4O/c1-24-20-6-2-5-19(18(20)13-22-24)23-21(26)25-9-3-4-17(25)12-16-11-14-7-8-15(16)10-14/h13-17,19H,2-12H2,1H3,(H,23,26). The zero-order valence-electron chi connectivity index (χ0n) is 16.0. The molecule has 5 rings (SSSR count). The second-order valence-electron chi connectivity index (χ2n) is 9.22. The van der Waals surface area contributed by atoms with Crippen molar-refractivity contribution in [3.8, 4) is 0 Å². The molecule has 5 nitrogen and oxygen atoms in total. The largest absolute Gasteiger partial charge is 0.331 e. The van der Waals surface area contributed by atoms with Crippen molar-refractivity contribution in [1.82, 2.24) is 20.0 Å². The summed E-state index contributed by atoms with van der Waals surface area (Å²) in [6.07, 6.45) is 14.6. The lowest BCUT2D eigenvalue weighted by Crippen LogP contribution is -2.45. The quantitative estimate of drug-likeness (QED) is 0.895. The van der Waals surface area contributed by atoms with Gasteiger partial charge in [-0.1, -0.05) is 6.42 Å². The molecule has 5 unspecified atom stereocenters. The molecule has 142 valence electrons. The van der Waals surface area contributed by atoms with Crippen molar-refractivity contribution < 1.29 is 4.79 Å². The Bertz CT molecular complexity index is 684. The van der Waals surface area contributed by atoms with Gasteiger partial charge in [0.2, 0.25) is 0 Å². The Hall–Kier alpha value is -1.52. The van der Waals surface area contributed by atoms with E-state index in [0.717, 1.165) is 43.6 Å². The fourth-order valence-corrected chi connectivity index (χ4v) is 6.45. The van der Waals surface area contributed by atoms with E-state index in [9.17, 15) is 4.79 Å². The summed E-state index contributed by atoms with van der Waals surface area (Å²) in [5.41, 5.74) is 2.53. The Labute approximate surface area is 156 Å². The Morgan fingerprint density at radius 1 is 1.23 bits per heavy atom. The number of carbonyl (C=O) groups is 1. The van der Waals surface area contributed by atoms with Crippen molar-refractivity contribution >= 4 is 6.03 Å². The highest BCUT2D eigenvalue weighted by atomic mass is 16.2. The van der Waals surface area contributed by atoms with Gasteiger partial charge in [0.05, 0.1) is 12.2 Å². The topological polar surface area (TPSA) is 50.2 Å². The Kier molecular flexibility index (Phi) is 4.21. The number of aromatic nitrogens is 2. The van der Waals surface area contributed by atoms with Crippen LogP contribution < -0.4 is 5.32 Å². The van der Waals surface area contributed by atoms with Crippen molar-refractivity contribution in [3.05, 3.63) is 17.5 Å². The molecule has 1 saturated heterocycles. The molecule has 1 aromatic rings. The second-order valence-corrected chi connectivity index (χ2v) is 9.22. The Morgan fingerprint density at radius 3 is 2.96 bits per heavy atom. The van der Waals surface area contributed by atoms with Gasteiger partial charge in [0.15, 0.2) is 0 Å². The molecular weight excluding hydrogens is 324 g/mol. The van der Waals surface area contributed by atoms with E-state index in [0.29, 0.717) is 6.04 Å². The molecule has 2 amide bonds. The summed E-state index contributed by atoms with van der Waals surface area (Å²) < 4.78 is 1.97. The van der Waals surface area contributed by atoms with Crippen LogP contribution in [0.3, 0.4) is 0 Å². The van der Waals surface area contributed by atoms with Crippen LogP contribution in [-0.2, 0) is 13.5 Å². The third-order valence-corrected chi connectivity index (χ3v) is 7.77. The average Bonchev–Trinajstić information content (AvgIpc) is 3.40. The van der Waals surface area contributed by atoms with Gasteiger partial charge < -0.3 is 10.2 Å². The van der Waals surface area contributed by atoms with E-state index < -0.39 is 0 Å². The first-order valence-electron chi connectivity index (χ1n) is 10.8. The van der Waals surface area contributed by atoms with Crippen molar-refractivity contribution in [2.45, 2.75) is 76.3 Å². The molecule has 2 heterocycles. The molecule has 2 bridgehead atoms. The molecular formula is C21H32N4O.